The lowest BCUT2D eigenvalue weighted by atomic mass is 9.85. The maximum Gasteiger partial charge on any atom is 0.265 e. The summed E-state index contributed by atoms with van der Waals surface area (Å²) in [7, 11) is -4.04. The van der Waals surface area contributed by atoms with E-state index in [1.54, 1.807) is 6.92 Å². The number of carbonyl (C=O) groups is 2. The van der Waals surface area contributed by atoms with E-state index in [9.17, 15) is 18.0 Å². The van der Waals surface area contributed by atoms with Gasteiger partial charge in [-0.05, 0) is 61.5 Å². The van der Waals surface area contributed by atoms with E-state index < -0.39 is 21.5 Å². The van der Waals surface area contributed by atoms with Crippen LogP contribution >= 0.6 is 22.9 Å². The number of benzene rings is 1. The molecule has 1 aliphatic heterocycles. The summed E-state index contributed by atoms with van der Waals surface area (Å²) in [4.78, 5) is 27.3. The number of hydrogen-bond acceptors (Lipinski definition) is 5. The fourth-order valence-corrected chi connectivity index (χ4v) is 4.82. The molecule has 26 heavy (non-hydrogen) atoms. The third-order valence-electron chi connectivity index (χ3n) is 4.56. The van der Waals surface area contributed by atoms with Gasteiger partial charge in [0.1, 0.15) is 5.54 Å². The van der Waals surface area contributed by atoms with Gasteiger partial charge in [-0.15, -0.1) is 11.3 Å². The molecule has 3 rings (SSSR count). The molecular formula is C17H17ClN2O4S2. The molecule has 2 amide bonds. The van der Waals surface area contributed by atoms with Crippen LogP contribution in [-0.4, -0.2) is 37.2 Å². The molecule has 0 spiro atoms. The van der Waals surface area contributed by atoms with Crippen molar-refractivity contribution in [2.24, 2.45) is 0 Å². The zero-order valence-electron chi connectivity index (χ0n) is 14.2. The SMILES string of the molecule is Cc1ccsc1C(=O)N1CCC1(C)C(=O)NS(=O)(=O)c1ccc(Cl)cc1. The predicted molar refractivity (Wildman–Crippen MR) is 99.9 cm³/mol. The molecule has 0 aliphatic carbocycles. The highest BCUT2D eigenvalue weighted by Gasteiger charge is 2.51. The summed E-state index contributed by atoms with van der Waals surface area (Å²) in [5, 5.41) is 2.20. The molecule has 1 N–H and O–H groups in total. The summed E-state index contributed by atoms with van der Waals surface area (Å²) in [6.45, 7) is 3.80. The van der Waals surface area contributed by atoms with Gasteiger partial charge in [-0.25, -0.2) is 13.1 Å². The van der Waals surface area contributed by atoms with Crippen LogP contribution in [0.2, 0.25) is 5.02 Å². The number of likely N-dealkylation sites (tertiary alicyclic amines) is 1. The molecular weight excluding hydrogens is 396 g/mol. The fourth-order valence-electron chi connectivity index (χ4n) is 2.74. The molecule has 0 saturated carbocycles. The maximum absolute atomic E-state index is 12.7. The third kappa shape index (κ3) is 3.24. The minimum Gasteiger partial charge on any atom is -0.323 e. The average molecular weight is 413 g/mol. The molecule has 138 valence electrons. The van der Waals surface area contributed by atoms with Crippen LogP contribution in [-0.2, 0) is 14.8 Å². The minimum absolute atomic E-state index is 0.0647. The van der Waals surface area contributed by atoms with Crippen molar-refractivity contribution >= 4 is 44.8 Å². The number of halogens is 1. The van der Waals surface area contributed by atoms with Crippen LogP contribution in [0.3, 0.4) is 0 Å². The predicted octanol–water partition coefficient (Wildman–Crippen LogP) is 2.82. The number of rotatable bonds is 4. The van der Waals surface area contributed by atoms with Crippen LogP contribution in [0.5, 0.6) is 0 Å². The number of aryl methyl sites for hydroxylation is 1. The van der Waals surface area contributed by atoms with E-state index in [1.165, 1.54) is 40.5 Å². The lowest BCUT2D eigenvalue weighted by Gasteiger charge is -2.48. The molecule has 9 heteroatoms. The highest BCUT2D eigenvalue weighted by molar-refractivity contribution is 7.90. The van der Waals surface area contributed by atoms with Crippen molar-refractivity contribution in [1.82, 2.24) is 9.62 Å². The first-order valence-corrected chi connectivity index (χ1v) is 10.6. The number of thiophene rings is 1. The summed E-state index contributed by atoms with van der Waals surface area (Å²) >= 11 is 7.07. The van der Waals surface area contributed by atoms with E-state index in [2.05, 4.69) is 4.72 Å². The van der Waals surface area contributed by atoms with Gasteiger partial charge in [0, 0.05) is 11.6 Å². The molecule has 0 bridgehead atoms. The van der Waals surface area contributed by atoms with Gasteiger partial charge in [0.2, 0.25) is 0 Å². The second-order valence-corrected chi connectivity index (χ2v) is 9.34. The lowest BCUT2D eigenvalue weighted by Crippen LogP contribution is -2.67. The highest BCUT2D eigenvalue weighted by atomic mass is 35.5. The standard InChI is InChI=1S/C17H17ClN2O4S2/c1-11-7-10-25-14(11)15(21)20-9-8-17(20,2)16(22)19-26(23,24)13-5-3-12(18)4-6-13/h3-7,10H,8-9H2,1-2H3,(H,19,22). The van der Waals surface area contributed by atoms with Gasteiger partial charge in [0.25, 0.3) is 21.8 Å². The van der Waals surface area contributed by atoms with Crippen molar-refractivity contribution in [2.45, 2.75) is 30.7 Å². The number of carbonyl (C=O) groups excluding carboxylic acids is 2. The second-order valence-electron chi connectivity index (χ2n) is 6.30. The van der Waals surface area contributed by atoms with E-state index >= 15 is 0 Å². The van der Waals surface area contributed by atoms with Crippen molar-refractivity contribution in [3.63, 3.8) is 0 Å². The summed E-state index contributed by atoms with van der Waals surface area (Å²) in [5.41, 5.74) is -0.365. The van der Waals surface area contributed by atoms with Crippen molar-refractivity contribution in [2.75, 3.05) is 6.54 Å². The van der Waals surface area contributed by atoms with Gasteiger partial charge < -0.3 is 4.90 Å². The topological polar surface area (TPSA) is 83.6 Å². The molecule has 1 aromatic carbocycles. The van der Waals surface area contributed by atoms with Gasteiger partial charge in [0.05, 0.1) is 9.77 Å². The molecule has 1 unspecified atom stereocenters. The molecule has 1 atom stereocenters. The van der Waals surface area contributed by atoms with Crippen LogP contribution in [0.1, 0.15) is 28.6 Å². The minimum atomic E-state index is -4.04. The second kappa shape index (κ2) is 6.68. The van der Waals surface area contributed by atoms with Crippen molar-refractivity contribution in [3.8, 4) is 0 Å². The number of nitrogens with one attached hydrogen (secondary N) is 1. The molecule has 2 heterocycles. The Bertz CT molecular complexity index is 969. The molecule has 6 nitrogen and oxygen atoms in total. The highest BCUT2D eigenvalue weighted by Crippen LogP contribution is 2.34. The van der Waals surface area contributed by atoms with E-state index in [1.807, 2.05) is 18.4 Å². The Hall–Kier alpha value is -1.90. The molecule has 1 saturated heterocycles. The van der Waals surface area contributed by atoms with Crippen molar-refractivity contribution in [3.05, 3.63) is 51.2 Å². The van der Waals surface area contributed by atoms with E-state index in [0.29, 0.717) is 22.9 Å². The smallest absolute Gasteiger partial charge is 0.265 e. The fraction of sp³-hybridized carbons (Fsp3) is 0.294. The number of sulfonamides is 1. The maximum atomic E-state index is 12.7. The van der Waals surface area contributed by atoms with Crippen LogP contribution < -0.4 is 4.72 Å². The monoisotopic (exact) mass is 412 g/mol. The Morgan fingerprint density at radius 2 is 1.88 bits per heavy atom. The first-order valence-electron chi connectivity index (χ1n) is 7.84. The van der Waals surface area contributed by atoms with Crippen molar-refractivity contribution < 1.29 is 18.0 Å². The summed E-state index contributed by atoms with van der Waals surface area (Å²) in [6, 6.07) is 7.33. The quantitative estimate of drug-likeness (QED) is 0.836. The number of amides is 2. The van der Waals surface area contributed by atoms with Gasteiger partial charge in [0.15, 0.2) is 0 Å². The Kier molecular flexibility index (Phi) is 4.85. The Morgan fingerprint density at radius 1 is 1.23 bits per heavy atom. The van der Waals surface area contributed by atoms with Crippen LogP contribution in [0.15, 0.2) is 40.6 Å². The first kappa shape index (κ1) is 18.9. The molecule has 0 radical (unpaired) electrons. The zero-order chi connectivity index (χ0) is 19.1. The summed E-state index contributed by atoms with van der Waals surface area (Å²) in [5.74, 6) is -0.980. The Balaban J connectivity index is 1.79. The Morgan fingerprint density at radius 3 is 2.38 bits per heavy atom. The molecule has 2 aromatic rings. The summed E-state index contributed by atoms with van der Waals surface area (Å²) in [6.07, 6.45) is 0.394. The largest absolute Gasteiger partial charge is 0.323 e. The number of nitrogens with zero attached hydrogens (tertiary/aromatic N) is 1. The van der Waals surface area contributed by atoms with E-state index in [0.717, 1.165) is 5.56 Å². The Labute approximate surface area is 160 Å². The van der Waals surface area contributed by atoms with Gasteiger partial charge >= 0.3 is 0 Å². The molecule has 1 aliphatic rings. The normalized spacial score (nSPS) is 19.7. The summed E-state index contributed by atoms with van der Waals surface area (Å²) < 4.78 is 26.9. The molecule has 1 fully saturated rings. The van der Waals surface area contributed by atoms with Crippen LogP contribution in [0, 0.1) is 6.92 Å². The third-order valence-corrected chi connectivity index (χ3v) is 7.16. The van der Waals surface area contributed by atoms with Crippen molar-refractivity contribution in [1.29, 1.82) is 0 Å². The van der Waals surface area contributed by atoms with Crippen LogP contribution in [0.25, 0.3) is 0 Å². The zero-order valence-corrected chi connectivity index (χ0v) is 16.5. The van der Waals surface area contributed by atoms with Crippen LogP contribution in [0.4, 0.5) is 0 Å². The van der Waals surface area contributed by atoms with Gasteiger partial charge in [-0.1, -0.05) is 11.6 Å². The van der Waals surface area contributed by atoms with Gasteiger partial charge in [-0.3, -0.25) is 9.59 Å². The average Bonchev–Trinajstić information content (AvgIpc) is 2.99. The van der Waals surface area contributed by atoms with E-state index in [4.69, 9.17) is 11.6 Å². The number of hydrogen-bond donors (Lipinski definition) is 1. The van der Waals surface area contributed by atoms with E-state index in [-0.39, 0.29) is 10.8 Å². The first-order chi connectivity index (χ1) is 12.1. The lowest BCUT2D eigenvalue weighted by molar-refractivity contribution is -0.135. The molecule has 1 aromatic heterocycles. The van der Waals surface area contributed by atoms with Gasteiger partial charge in [-0.2, -0.15) is 0 Å².